The maximum Gasteiger partial charge on any atom is 0.307 e. The molecule has 88 valence electrons. The fourth-order valence-corrected chi connectivity index (χ4v) is 2.13. The van der Waals surface area contributed by atoms with Crippen LogP contribution in [-0.4, -0.2) is 45.8 Å². The number of β-amino-alcohol motifs (C(OH)–C–C–N with tert-alkyl or cyclic N) is 1. The summed E-state index contributed by atoms with van der Waals surface area (Å²) in [5.74, 6) is -1.16. The molecule has 1 aliphatic heterocycles. The van der Waals surface area contributed by atoms with E-state index in [0.29, 0.717) is 6.54 Å². The van der Waals surface area contributed by atoms with Gasteiger partial charge in [0.1, 0.15) is 0 Å². The van der Waals surface area contributed by atoms with Crippen molar-refractivity contribution in [3.63, 3.8) is 0 Å². The van der Waals surface area contributed by atoms with Crippen molar-refractivity contribution in [2.24, 2.45) is 5.92 Å². The molecular weight excluding hydrogens is 194 g/mol. The molecule has 3 unspecified atom stereocenters. The van der Waals surface area contributed by atoms with Gasteiger partial charge in [-0.05, 0) is 33.2 Å². The van der Waals surface area contributed by atoms with Crippen LogP contribution in [0, 0.1) is 5.92 Å². The van der Waals surface area contributed by atoms with Crippen LogP contribution in [-0.2, 0) is 4.79 Å². The Labute approximate surface area is 90.9 Å². The normalized spacial score (nSPS) is 32.3. The predicted octanol–water partition coefficient (Wildman–Crippen LogP) is 0.942. The number of nitrogens with zero attached hydrogens (tertiary/aromatic N) is 1. The van der Waals surface area contributed by atoms with Gasteiger partial charge in [-0.2, -0.15) is 0 Å². The number of carboxylic acid groups (broad SMARTS) is 1. The predicted molar refractivity (Wildman–Crippen MR) is 57.7 cm³/mol. The van der Waals surface area contributed by atoms with Crippen molar-refractivity contribution in [1.82, 2.24) is 4.90 Å². The lowest BCUT2D eigenvalue weighted by Gasteiger charge is -2.41. The first kappa shape index (κ1) is 12.5. The summed E-state index contributed by atoms with van der Waals surface area (Å²) in [6.45, 7) is 6.91. The molecule has 4 nitrogen and oxygen atoms in total. The molecule has 0 bridgehead atoms. The minimum atomic E-state index is -0.771. The Hall–Kier alpha value is -0.610. The van der Waals surface area contributed by atoms with Crippen LogP contribution in [0.2, 0.25) is 0 Å². The number of hydrogen-bond acceptors (Lipinski definition) is 3. The molecule has 1 heterocycles. The van der Waals surface area contributed by atoms with Gasteiger partial charge in [-0.25, -0.2) is 0 Å². The van der Waals surface area contributed by atoms with Crippen LogP contribution in [0.1, 0.15) is 33.6 Å². The Bertz CT molecular complexity index is 240. The Morgan fingerprint density at radius 3 is 2.53 bits per heavy atom. The molecular formula is C11H21NO3. The maximum absolute atomic E-state index is 10.9. The Kier molecular flexibility index (Phi) is 3.73. The average molecular weight is 215 g/mol. The number of aliphatic carboxylic acids is 1. The van der Waals surface area contributed by atoms with E-state index < -0.39 is 11.6 Å². The molecule has 0 saturated carbocycles. The number of carboxylic acids is 1. The van der Waals surface area contributed by atoms with Crippen molar-refractivity contribution in [1.29, 1.82) is 0 Å². The van der Waals surface area contributed by atoms with E-state index in [9.17, 15) is 9.90 Å². The highest BCUT2D eigenvalue weighted by Gasteiger charge is 2.33. The van der Waals surface area contributed by atoms with Crippen LogP contribution in [0.4, 0.5) is 0 Å². The largest absolute Gasteiger partial charge is 0.481 e. The Morgan fingerprint density at radius 1 is 1.47 bits per heavy atom. The Balaban J connectivity index is 2.60. The fraction of sp³-hybridized carbons (Fsp3) is 0.909. The number of likely N-dealkylation sites (tertiary alicyclic amines) is 1. The van der Waals surface area contributed by atoms with Gasteiger partial charge in [0, 0.05) is 12.6 Å². The number of carbonyl (C=O) groups is 1. The molecule has 1 aliphatic rings. The molecule has 0 aromatic heterocycles. The Morgan fingerprint density at radius 2 is 2.07 bits per heavy atom. The van der Waals surface area contributed by atoms with E-state index in [-0.39, 0.29) is 12.0 Å². The summed E-state index contributed by atoms with van der Waals surface area (Å²) in [4.78, 5) is 12.9. The van der Waals surface area contributed by atoms with Crippen molar-refractivity contribution < 1.29 is 15.0 Å². The van der Waals surface area contributed by atoms with Crippen LogP contribution >= 0.6 is 0 Å². The summed E-state index contributed by atoms with van der Waals surface area (Å²) in [7, 11) is 0. The van der Waals surface area contributed by atoms with Gasteiger partial charge >= 0.3 is 5.97 Å². The van der Waals surface area contributed by atoms with Crippen LogP contribution in [0.3, 0.4) is 0 Å². The van der Waals surface area contributed by atoms with Crippen molar-refractivity contribution in [3.8, 4) is 0 Å². The second-order valence-electron chi connectivity index (χ2n) is 4.94. The highest BCUT2D eigenvalue weighted by Crippen LogP contribution is 2.24. The standard InChI is InChI=1S/C11H21NO3/c1-8(10(13)14)9(2)12-6-4-5-11(3,15)7-12/h8-9,15H,4-7H2,1-3H3,(H,13,14). The third kappa shape index (κ3) is 3.18. The van der Waals surface area contributed by atoms with Gasteiger partial charge in [-0.1, -0.05) is 6.92 Å². The number of hydrogen-bond donors (Lipinski definition) is 2. The highest BCUT2D eigenvalue weighted by molar-refractivity contribution is 5.70. The first-order valence-electron chi connectivity index (χ1n) is 5.53. The fourth-order valence-electron chi connectivity index (χ4n) is 2.13. The van der Waals surface area contributed by atoms with E-state index in [1.54, 1.807) is 6.92 Å². The van der Waals surface area contributed by atoms with Gasteiger partial charge in [-0.3, -0.25) is 9.69 Å². The molecule has 2 N–H and O–H groups in total. The van der Waals surface area contributed by atoms with E-state index in [0.717, 1.165) is 19.4 Å². The van der Waals surface area contributed by atoms with Crippen molar-refractivity contribution >= 4 is 5.97 Å². The van der Waals surface area contributed by atoms with Gasteiger partial charge in [-0.15, -0.1) is 0 Å². The van der Waals surface area contributed by atoms with Gasteiger partial charge in [0.15, 0.2) is 0 Å². The van der Waals surface area contributed by atoms with Crippen molar-refractivity contribution in [2.45, 2.75) is 45.3 Å². The molecule has 3 atom stereocenters. The summed E-state index contributed by atoms with van der Waals surface area (Å²) < 4.78 is 0. The number of rotatable bonds is 3. The number of aliphatic hydroxyl groups is 1. The van der Waals surface area contributed by atoms with Crippen molar-refractivity contribution in [3.05, 3.63) is 0 Å². The van der Waals surface area contributed by atoms with Gasteiger partial charge in [0.2, 0.25) is 0 Å². The highest BCUT2D eigenvalue weighted by atomic mass is 16.4. The molecule has 15 heavy (non-hydrogen) atoms. The molecule has 1 rings (SSSR count). The monoisotopic (exact) mass is 215 g/mol. The van der Waals surface area contributed by atoms with Crippen LogP contribution < -0.4 is 0 Å². The van der Waals surface area contributed by atoms with E-state index in [2.05, 4.69) is 4.90 Å². The van der Waals surface area contributed by atoms with Crippen LogP contribution in [0.25, 0.3) is 0 Å². The lowest BCUT2D eigenvalue weighted by atomic mass is 9.92. The van der Waals surface area contributed by atoms with E-state index in [4.69, 9.17) is 5.11 Å². The lowest BCUT2D eigenvalue weighted by molar-refractivity contribution is -0.144. The summed E-state index contributed by atoms with van der Waals surface area (Å²) in [6.07, 6.45) is 1.74. The van der Waals surface area contributed by atoms with Gasteiger partial charge < -0.3 is 10.2 Å². The molecule has 1 fully saturated rings. The van der Waals surface area contributed by atoms with Gasteiger partial charge in [0.05, 0.1) is 11.5 Å². The molecule has 1 saturated heterocycles. The van der Waals surface area contributed by atoms with Crippen LogP contribution in [0.15, 0.2) is 0 Å². The molecule has 0 radical (unpaired) electrons. The topological polar surface area (TPSA) is 60.8 Å². The SMILES string of the molecule is CC(C(=O)O)C(C)N1CCCC(C)(O)C1. The minimum Gasteiger partial charge on any atom is -0.481 e. The molecule has 0 amide bonds. The molecule has 0 aromatic carbocycles. The summed E-state index contributed by atoms with van der Waals surface area (Å²) in [5, 5.41) is 18.8. The van der Waals surface area contributed by atoms with E-state index >= 15 is 0 Å². The second kappa shape index (κ2) is 4.49. The number of piperidine rings is 1. The molecule has 0 aromatic rings. The third-order valence-corrected chi connectivity index (χ3v) is 3.39. The maximum atomic E-state index is 10.9. The zero-order valence-corrected chi connectivity index (χ0v) is 9.73. The molecule has 0 aliphatic carbocycles. The molecule has 4 heteroatoms. The third-order valence-electron chi connectivity index (χ3n) is 3.39. The quantitative estimate of drug-likeness (QED) is 0.735. The van der Waals surface area contributed by atoms with Gasteiger partial charge in [0.25, 0.3) is 0 Å². The zero-order chi connectivity index (χ0) is 11.6. The lowest BCUT2D eigenvalue weighted by Crippen LogP contribution is -2.52. The molecule has 0 spiro atoms. The zero-order valence-electron chi connectivity index (χ0n) is 9.73. The summed E-state index contributed by atoms with van der Waals surface area (Å²) in [6, 6.07) is -0.0192. The summed E-state index contributed by atoms with van der Waals surface area (Å²) in [5.41, 5.74) is -0.662. The smallest absolute Gasteiger partial charge is 0.307 e. The first-order valence-corrected chi connectivity index (χ1v) is 5.53. The minimum absolute atomic E-state index is 0.0192. The second-order valence-corrected chi connectivity index (χ2v) is 4.94. The average Bonchev–Trinajstić information content (AvgIpc) is 2.13. The van der Waals surface area contributed by atoms with Crippen molar-refractivity contribution in [2.75, 3.05) is 13.1 Å². The summed E-state index contributed by atoms with van der Waals surface area (Å²) >= 11 is 0. The van der Waals surface area contributed by atoms with Crippen LogP contribution in [0.5, 0.6) is 0 Å². The van der Waals surface area contributed by atoms with E-state index in [1.807, 2.05) is 13.8 Å². The van der Waals surface area contributed by atoms with E-state index in [1.165, 1.54) is 0 Å². The first-order chi connectivity index (χ1) is 6.83.